The lowest BCUT2D eigenvalue weighted by Gasteiger charge is -2.20. The summed E-state index contributed by atoms with van der Waals surface area (Å²) in [5, 5.41) is 11.0. The Labute approximate surface area is 153 Å². The third-order valence-corrected chi connectivity index (χ3v) is 4.84. The van der Waals surface area contributed by atoms with Crippen LogP contribution in [0.2, 0.25) is 0 Å². The number of benzene rings is 1. The zero-order chi connectivity index (χ0) is 18.5. The normalized spacial score (nSPS) is 15.0. The molecule has 7 heteroatoms. The van der Waals surface area contributed by atoms with Gasteiger partial charge in [0.15, 0.2) is 5.82 Å². The van der Waals surface area contributed by atoms with Crippen molar-refractivity contribution in [1.29, 1.82) is 0 Å². The second-order valence-corrected chi connectivity index (χ2v) is 6.73. The minimum absolute atomic E-state index is 0.0831. The smallest absolute Gasteiger partial charge is 0.226 e. The van der Waals surface area contributed by atoms with Crippen molar-refractivity contribution in [3.8, 4) is 11.4 Å². The van der Waals surface area contributed by atoms with E-state index in [1.54, 1.807) is 6.33 Å². The highest BCUT2D eigenvalue weighted by molar-refractivity contribution is 5.93. The van der Waals surface area contributed by atoms with Crippen LogP contribution < -0.4 is 5.32 Å². The molecule has 0 radical (unpaired) electrons. The molecule has 26 heavy (non-hydrogen) atoms. The standard InChI is InChI=1S/C19H25N5O2/c1-14-15(19-22-20-13-23(19)2)7-6-8-16(14)21-17(25)10-12-24-11-5-3-4-9-18(24)26/h6-8,13H,3-5,9-12H2,1-2H3,(H,21,25). The van der Waals surface area contributed by atoms with Gasteiger partial charge in [-0.3, -0.25) is 9.59 Å². The predicted molar refractivity (Wildman–Crippen MR) is 99.5 cm³/mol. The summed E-state index contributed by atoms with van der Waals surface area (Å²) in [6.07, 6.45) is 5.61. The van der Waals surface area contributed by atoms with E-state index in [0.717, 1.165) is 48.4 Å². The third kappa shape index (κ3) is 4.09. The zero-order valence-corrected chi connectivity index (χ0v) is 15.4. The van der Waals surface area contributed by atoms with Gasteiger partial charge in [-0.05, 0) is 31.4 Å². The monoisotopic (exact) mass is 355 g/mol. The summed E-state index contributed by atoms with van der Waals surface area (Å²) in [7, 11) is 1.89. The van der Waals surface area contributed by atoms with Gasteiger partial charge in [0.1, 0.15) is 6.33 Å². The number of amides is 2. The van der Waals surface area contributed by atoms with Gasteiger partial charge in [-0.25, -0.2) is 0 Å². The molecule has 1 N–H and O–H groups in total. The quantitative estimate of drug-likeness (QED) is 0.894. The maximum Gasteiger partial charge on any atom is 0.226 e. The van der Waals surface area contributed by atoms with Gasteiger partial charge in [0.2, 0.25) is 11.8 Å². The van der Waals surface area contributed by atoms with Gasteiger partial charge in [-0.1, -0.05) is 18.6 Å². The van der Waals surface area contributed by atoms with E-state index in [2.05, 4.69) is 15.5 Å². The highest BCUT2D eigenvalue weighted by Gasteiger charge is 2.18. The fourth-order valence-corrected chi connectivity index (χ4v) is 3.26. The van der Waals surface area contributed by atoms with E-state index < -0.39 is 0 Å². The van der Waals surface area contributed by atoms with E-state index in [4.69, 9.17) is 0 Å². The molecule has 1 aliphatic heterocycles. The van der Waals surface area contributed by atoms with Crippen molar-refractivity contribution in [2.45, 2.75) is 39.0 Å². The molecular weight excluding hydrogens is 330 g/mol. The molecule has 2 aromatic rings. The molecule has 0 unspecified atom stereocenters. The minimum atomic E-state index is -0.0831. The third-order valence-electron chi connectivity index (χ3n) is 4.84. The van der Waals surface area contributed by atoms with Crippen LogP contribution >= 0.6 is 0 Å². The van der Waals surface area contributed by atoms with Crippen LogP contribution in [0.5, 0.6) is 0 Å². The molecule has 0 bridgehead atoms. The first-order valence-electron chi connectivity index (χ1n) is 9.08. The Morgan fingerprint density at radius 2 is 2.12 bits per heavy atom. The Bertz CT molecular complexity index is 799. The van der Waals surface area contributed by atoms with Crippen LogP contribution in [-0.2, 0) is 16.6 Å². The Morgan fingerprint density at radius 1 is 1.27 bits per heavy atom. The number of anilines is 1. The summed E-state index contributed by atoms with van der Waals surface area (Å²) in [6.45, 7) is 3.19. The van der Waals surface area contributed by atoms with Crippen molar-refractivity contribution in [1.82, 2.24) is 19.7 Å². The summed E-state index contributed by atoms with van der Waals surface area (Å²) >= 11 is 0. The minimum Gasteiger partial charge on any atom is -0.342 e. The number of nitrogens with one attached hydrogen (secondary N) is 1. The molecule has 0 aliphatic carbocycles. The van der Waals surface area contributed by atoms with E-state index in [9.17, 15) is 9.59 Å². The highest BCUT2D eigenvalue weighted by Crippen LogP contribution is 2.26. The summed E-state index contributed by atoms with van der Waals surface area (Å²) in [5.74, 6) is 0.838. The number of likely N-dealkylation sites (tertiary alicyclic amines) is 1. The van der Waals surface area contributed by atoms with E-state index in [-0.39, 0.29) is 11.8 Å². The van der Waals surface area contributed by atoms with Gasteiger partial charge in [-0.2, -0.15) is 0 Å². The Hall–Kier alpha value is -2.70. The van der Waals surface area contributed by atoms with Crippen molar-refractivity contribution < 1.29 is 9.59 Å². The van der Waals surface area contributed by atoms with Crippen molar-refractivity contribution in [3.63, 3.8) is 0 Å². The van der Waals surface area contributed by atoms with Gasteiger partial charge in [-0.15, -0.1) is 10.2 Å². The number of carbonyl (C=O) groups is 2. The summed E-state index contributed by atoms with van der Waals surface area (Å²) in [5.41, 5.74) is 2.64. The molecule has 1 saturated heterocycles. The van der Waals surface area contributed by atoms with Gasteiger partial charge in [0.05, 0.1) is 0 Å². The van der Waals surface area contributed by atoms with E-state index in [1.165, 1.54) is 0 Å². The number of nitrogens with zero attached hydrogens (tertiary/aromatic N) is 4. The van der Waals surface area contributed by atoms with Crippen LogP contribution in [0.15, 0.2) is 24.5 Å². The van der Waals surface area contributed by atoms with Crippen LogP contribution in [-0.4, -0.2) is 44.6 Å². The average Bonchev–Trinajstić information content (AvgIpc) is 2.93. The SMILES string of the molecule is Cc1c(NC(=O)CCN2CCCCCC2=O)cccc1-c1nncn1C. The average molecular weight is 355 g/mol. The number of hydrogen-bond donors (Lipinski definition) is 1. The molecule has 2 amide bonds. The maximum absolute atomic E-state index is 12.4. The van der Waals surface area contributed by atoms with Crippen molar-refractivity contribution in [2.24, 2.45) is 7.05 Å². The molecule has 1 aromatic carbocycles. The number of rotatable bonds is 5. The van der Waals surface area contributed by atoms with Crippen LogP contribution in [0.3, 0.4) is 0 Å². The summed E-state index contributed by atoms with van der Waals surface area (Å²) < 4.78 is 1.85. The maximum atomic E-state index is 12.4. The lowest BCUT2D eigenvalue weighted by molar-refractivity contribution is -0.131. The number of aryl methyl sites for hydroxylation is 1. The highest BCUT2D eigenvalue weighted by atomic mass is 16.2. The molecule has 0 atom stereocenters. The lowest BCUT2D eigenvalue weighted by Crippen LogP contribution is -2.33. The van der Waals surface area contributed by atoms with Crippen molar-refractivity contribution in [2.75, 3.05) is 18.4 Å². The van der Waals surface area contributed by atoms with E-state index in [1.807, 2.05) is 41.6 Å². The Balaban J connectivity index is 1.64. The lowest BCUT2D eigenvalue weighted by atomic mass is 10.1. The summed E-state index contributed by atoms with van der Waals surface area (Å²) in [4.78, 5) is 26.2. The molecule has 1 aromatic heterocycles. The number of hydrogen-bond acceptors (Lipinski definition) is 4. The molecule has 3 rings (SSSR count). The molecule has 138 valence electrons. The fraction of sp³-hybridized carbons (Fsp3) is 0.474. The van der Waals surface area contributed by atoms with Crippen molar-refractivity contribution >= 4 is 17.5 Å². The second kappa shape index (κ2) is 8.12. The van der Waals surface area contributed by atoms with Crippen LogP contribution in [0.25, 0.3) is 11.4 Å². The molecule has 7 nitrogen and oxygen atoms in total. The molecule has 1 fully saturated rings. The van der Waals surface area contributed by atoms with Gasteiger partial charge >= 0.3 is 0 Å². The van der Waals surface area contributed by atoms with Gasteiger partial charge in [0.25, 0.3) is 0 Å². The number of aromatic nitrogens is 3. The Morgan fingerprint density at radius 3 is 2.88 bits per heavy atom. The topological polar surface area (TPSA) is 80.1 Å². The fourth-order valence-electron chi connectivity index (χ4n) is 3.26. The number of carbonyl (C=O) groups excluding carboxylic acids is 2. The van der Waals surface area contributed by atoms with Crippen molar-refractivity contribution in [3.05, 3.63) is 30.1 Å². The largest absolute Gasteiger partial charge is 0.342 e. The Kier molecular flexibility index (Phi) is 5.65. The first kappa shape index (κ1) is 18.1. The predicted octanol–water partition coefficient (Wildman–Crippen LogP) is 2.52. The first-order chi connectivity index (χ1) is 12.6. The van der Waals surface area contributed by atoms with Gasteiger partial charge < -0.3 is 14.8 Å². The zero-order valence-electron chi connectivity index (χ0n) is 15.4. The molecule has 0 saturated carbocycles. The molecular formula is C19H25N5O2. The second-order valence-electron chi connectivity index (χ2n) is 6.73. The molecule has 2 heterocycles. The van der Waals surface area contributed by atoms with Crippen LogP contribution in [0, 0.1) is 6.92 Å². The first-order valence-corrected chi connectivity index (χ1v) is 9.08. The van der Waals surface area contributed by atoms with Gasteiger partial charge in [0, 0.05) is 44.2 Å². The van der Waals surface area contributed by atoms with Crippen LogP contribution in [0.1, 0.15) is 37.7 Å². The summed E-state index contributed by atoms with van der Waals surface area (Å²) in [6, 6.07) is 5.74. The van der Waals surface area contributed by atoms with E-state index >= 15 is 0 Å². The molecule has 0 spiro atoms. The molecule has 1 aliphatic rings. The van der Waals surface area contributed by atoms with Crippen LogP contribution in [0.4, 0.5) is 5.69 Å². The van der Waals surface area contributed by atoms with E-state index in [0.29, 0.717) is 19.4 Å².